The average molecular weight is 895 g/mol. The van der Waals surface area contributed by atoms with Crippen LogP contribution in [0.15, 0.2) is 249 Å². The van der Waals surface area contributed by atoms with Crippen molar-refractivity contribution >= 4 is 38.9 Å². The number of aromatic nitrogens is 1. The fourth-order valence-electron chi connectivity index (χ4n) is 9.74. The van der Waals surface area contributed by atoms with Crippen molar-refractivity contribution in [2.75, 3.05) is 4.90 Å². The summed E-state index contributed by atoms with van der Waals surface area (Å²) in [6, 6.07) is 82.6. The van der Waals surface area contributed by atoms with Crippen LogP contribution in [0.1, 0.15) is 58.9 Å². The molecular weight excluding hydrogens is 833 g/mol. The number of nitrogens with zero attached hydrogens (tertiary/aromatic N) is 2. The van der Waals surface area contributed by atoms with Crippen molar-refractivity contribution < 1.29 is 0 Å². The minimum absolute atomic E-state index is 0.597. The molecule has 0 bridgehead atoms. The molecule has 9 aromatic carbocycles. The summed E-state index contributed by atoms with van der Waals surface area (Å²) in [5.41, 5.74) is 18.3. The van der Waals surface area contributed by atoms with Crippen LogP contribution in [-0.2, 0) is 0 Å². The van der Waals surface area contributed by atoms with E-state index in [2.05, 4.69) is 241 Å². The molecule has 0 aliphatic heterocycles. The van der Waals surface area contributed by atoms with Gasteiger partial charge in [-0.1, -0.05) is 207 Å². The van der Waals surface area contributed by atoms with E-state index in [0.717, 1.165) is 17.1 Å². The summed E-state index contributed by atoms with van der Waals surface area (Å²) < 4.78 is 2.64. The summed E-state index contributed by atoms with van der Waals surface area (Å²) in [5.74, 6) is 0. The third-order valence-electron chi connectivity index (χ3n) is 13.3. The first-order valence-corrected chi connectivity index (χ1v) is 24.7. The number of hydrogen-bond acceptors (Lipinski definition) is 1. The first-order chi connectivity index (χ1) is 34.1. The Kier molecular flexibility index (Phi) is 14.9. The van der Waals surface area contributed by atoms with Crippen LogP contribution < -0.4 is 4.90 Å². The summed E-state index contributed by atoms with van der Waals surface area (Å²) in [6.07, 6.45) is 12.3. The zero-order valence-electron chi connectivity index (χ0n) is 40.3. The van der Waals surface area contributed by atoms with Gasteiger partial charge in [-0.25, -0.2) is 0 Å². The van der Waals surface area contributed by atoms with E-state index in [4.69, 9.17) is 0 Å². The van der Waals surface area contributed by atoms with Crippen molar-refractivity contribution in [2.24, 2.45) is 0 Å². The number of benzene rings is 9. The van der Waals surface area contributed by atoms with Crippen LogP contribution >= 0.6 is 0 Å². The largest absolute Gasteiger partial charge is 0.337 e. The Balaban J connectivity index is 0.000000798. The zero-order chi connectivity index (χ0) is 47.4. The molecule has 0 atom stereocenters. The van der Waals surface area contributed by atoms with E-state index >= 15 is 0 Å². The monoisotopic (exact) mass is 894 g/mol. The van der Waals surface area contributed by atoms with Gasteiger partial charge in [-0.3, -0.25) is 0 Å². The second-order valence-corrected chi connectivity index (χ2v) is 17.8. The maximum Gasteiger partial charge on any atom is 0.0494 e. The number of allylic oxidation sites excluding steroid dienone is 3. The molecule has 1 aliphatic carbocycles. The summed E-state index contributed by atoms with van der Waals surface area (Å²) >= 11 is 0. The molecule has 2 nitrogen and oxygen atoms in total. The van der Waals surface area contributed by atoms with Crippen LogP contribution in [0.2, 0.25) is 0 Å². The van der Waals surface area contributed by atoms with Crippen LogP contribution in [0.25, 0.3) is 77.4 Å². The Bertz CT molecular complexity index is 3220. The van der Waals surface area contributed by atoms with Gasteiger partial charge in [0.2, 0.25) is 0 Å². The van der Waals surface area contributed by atoms with Gasteiger partial charge in [0.05, 0.1) is 0 Å². The fraction of sp³-hybridized carbons (Fsp3) is 0.134. The average Bonchev–Trinajstić information content (AvgIpc) is 3.76. The smallest absolute Gasteiger partial charge is 0.0494 e. The number of anilines is 3. The lowest BCUT2D eigenvalue weighted by atomic mass is 9.95. The van der Waals surface area contributed by atoms with Gasteiger partial charge in [0.1, 0.15) is 0 Å². The second-order valence-electron chi connectivity index (χ2n) is 17.8. The lowest BCUT2D eigenvalue weighted by Crippen LogP contribution is -2.12. The molecule has 0 radical (unpaired) electrons. The highest BCUT2D eigenvalue weighted by atomic mass is 15.1. The third-order valence-corrected chi connectivity index (χ3v) is 13.3. The van der Waals surface area contributed by atoms with Gasteiger partial charge in [0.15, 0.2) is 0 Å². The second kappa shape index (κ2) is 22.2. The molecular formula is C67H62N2. The Morgan fingerprint density at radius 1 is 0.362 bits per heavy atom. The molecule has 0 unspecified atom stereocenters. The van der Waals surface area contributed by atoms with Gasteiger partial charge in [-0.15, -0.1) is 6.58 Å². The van der Waals surface area contributed by atoms with Crippen LogP contribution in [-0.4, -0.2) is 4.57 Å². The fourth-order valence-corrected chi connectivity index (χ4v) is 9.74. The van der Waals surface area contributed by atoms with Crippen LogP contribution in [0.5, 0.6) is 0 Å². The van der Waals surface area contributed by atoms with Crippen LogP contribution in [0, 0.1) is 0 Å². The zero-order valence-corrected chi connectivity index (χ0v) is 40.3. The predicted molar refractivity (Wildman–Crippen MR) is 300 cm³/mol. The molecule has 1 saturated carbocycles. The Hall–Kier alpha value is -7.94. The minimum atomic E-state index is 0.597. The topological polar surface area (TPSA) is 8.17 Å². The maximum atomic E-state index is 3.36. The van der Waals surface area contributed by atoms with Crippen molar-refractivity contribution in [3.63, 3.8) is 0 Å². The molecule has 11 rings (SSSR count). The Morgan fingerprint density at radius 2 is 0.696 bits per heavy atom. The van der Waals surface area contributed by atoms with Crippen molar-refractivity contribution in [1.29, 1.82) is 0 Å². The van der Waals surface area contributed by atoms with Gasteiger partial charge < -0.3 is 9.47 Å². The van der Waals surface area contributed by atoms with E-state index in [1.807, 2.05) is 32.9 Å². The van der Waals surface area contributed by atoms with Crippen LogP contribution in [0.3, 0.4) is 0 Å². The van der Waals surface area contributed by atoms with E-state index in [1.165, 1.54) is 110 Å². The number of rotatable bonds is 9. The molecule has 0 N–H and O–H groups in total. The Morgan fingerprint density at radius 3 is 1.14 bits per heavy atom. The number of para-hydroxylation sites is 2. The third kappa shape index (κ3) is 10.5. The Labute approximate surface area is 410 Å². The normalized spacial score (nSPS) is 12.5. The molecule has 69 heavy (non-hydrogen) atoms. The minimum Gasteiger partial charge on any atom is -0.337 e. The molecule has 0 amide bonds. The number of fused-ring (bicyclic) bond motifs is 3. The highest BCUT2D eigenvalue weighted by Gasteiger charge is 2.21. The molecule has 0 saturated heterocycles. The quantitative estimate of drug-likeness (QED) is 0.131. The molecule has 1 aliphatic rings. The maximum absolute atomic E-state index is 3.36. The first kappa shape index (κ1) is 46.2. The van der Waals surface area contributed by atoms with E-state index in [1.54, 1.807) is 6.08 Å². The van der Waals surface area contributed by atoms with E-state index in [-0.39, 0.29) is 0 Å². The van der Waals surface area contributed by atoms with Gasteiger partial charge in [-0.2, -0.15) is 0 Å². The van der Waals surface area contributed by atoms with Crippen molar-refractivity contribution in [1.82, 2.24) is 4.57 Å². The lowest BCUT2D eigenvalue weighted by Gasteiger charge is -2.26. The van der Waals surface area contributed by atoms with Gasteiger partial charge in [-0.05, 0) is 144 Å². The predicted octanol–water partition coefficient (Wildman–Crippen LogP) is 19.9. The molecule has 1 aromatic heterocycles. The van der Waals surface area contributed by atoms with Crippen molar-refractivity contribution in [3.8, 4) is 55.6 Å². The lowest BCUT2D eigenvalue weighted by molar-refractivity contribution is 0.367. The van der Waals surface area contributed by atoms with E-state index in [9.17, 15) is 0 Å². The van der Waals surface area contributed by atoms with Gasteiger partial charge in [0, 0.05) is 44.9 Å². The van der Waals surface area contributed by atoms with Crippen LogP contribution in [0.4, 0.5) is 17.1 Å². The first-order valence-electron chi connectivity index (χ1n) is 24.7. The van der Waals surface area contributed by atoms with E-state index in [0.29, 0.717) is 6.04 Å². The number of hydrogen-bond donors (Lipinski definition) is 0. The standard InChI is InChI=1S/C60H48N2.C4H8.C3H6/c1-4-12-43(13-5-1)49-32-37-55(38-33-49)61(53-14-6-2-7-15-53)56-39-34-50(35-40-56)48-26-24-45(25-27-48)44-20-22-46(23-21-44)47-28-30-51(31-29-47)52-36-41-60-58(42-52)57-18-10-11-19-59(57)62(60)54-16-8-3-9-17-54;1-3-4-2;1-3-2/h1-2,4-7,10-15,18-42,54H,3,8-9,16-17H2;3-4H,1-2H3;3H,1H2,2H3/b;4-3-;. The molecule has 1 heterocycles. The SMILES string of the molecule is C/C=C\C.C=CC.c1ccc(-c2ccc(N(c3ccccc3)c3ccc(-c4ccc(-c5ccc(-c6ccc(-c7ccc8c(c7)c7ccccc7n8C7CCCCC7)cc6)cc5)cc4)cc3)cc2)cc1. The summed E-state index contributed by atoms with van der Waals surface area (Å²) in [4.78, 5) is 2.32. The highest BCUT2D eigenvalue weighted by Crippen LogP contribution is 2.40. The van der Waals surface area contributed by atoms with E-state index < -0.39 is 0 Å². The highest BCUT2D eigenvalue weighted by molar-refractivity contribution is 6.09. The van der Waals surface area contributed by atoms with Gasteiger partial charge >= 0.3 is 0 Å². The summed E-state index contributed by atoms with van der Waals surface area (Å²) in [7, 11) is 0. The molecule has 10 aromatic rings. The summed E-state index contributed by atoms with van der Waals surface area (Å²) in [5, 5.41) is 2.73. The molecule has 340 valence electrons. The van der Waals surface area contributed by atoms with Gasteiger partial charge in [0.25, 0.3) is 0 Å². The van der Waals surface area contributed by atoms with Crippen molar-refractivity contribution in [3.05, 3.63) is 249 Å². The molecule has 0 spiro atoms. The molecule has 2 heteroatoms. The molecule has 1 fully saturated rings. The summed E-state index contributed by atoms with van der Waals surface area (Å²) in [6.45, 7) is 9.25. The van der Waals surface area contributed by atoms with Crippen molar-refractivity contribution in [2.45, 2.75) is 58.9 Å².